The number of benzene rings is 1. The van der Waals surface area contributed by atoms with Crippen molar-refractivity contribution < 1.29 is 4.74 Å². The maximum absolute atomic E-state index is 5.91. The molecule has 2 heteroatoms. The maximum atomic E-state index is 5.91. The average Bonchev–Trinajstić information content (AvgIpc) is 3.09. The topological polar surface area (TPSA) is 12.5 Å². The molecule has 0 amide bonds. The Labute approximate surface area is 104 Å². The highest BCUT2D eigenvalue weighted by molar-refractivity contribution is 9.10. The fourth-order valence-electron chi connectivity index (χ4n) is 3.77. The SMILES string of the molecule is Brc1ccc2c(c1)[C@@H]1O[C@@H]1[C@H]1CCCC[C@@H]21. The fraction of sp³-hybridized carbons (Fsp3) is 0.571. The number of halogens is 1. The minimum Gasteiger partial charge on any atom is -0.364 e. The van der Waals surface area contributed by atoms with Crippen LogP contribution in [0.15, 0.2) is 22.7 Å². The summed E-state index contributed by atoms with van der Waals surface area (Å²) in [7, 11) is 0. The van der Waals surface area contributed by atoms with Crippen LogP contribution in [0.25, 0.3) is 0 Å². The van der Waals surface area contributed by atoms with Crippen LogP contribution in [0.3, 0.4) is 0 Å². The van der Waals surface area contributed by atoms with Crippen molar-refractivity contribution >= 4 is 15.9 Å². The lowest BCUT2D eigenvalue weighted by atomic mass is 9.68. The Morgan fingerprint density at radius 2 is 2.00 bits per heavy atom. The summed E-state index contributed by atoms with van der Waals surface area (Å²) in [6.07, 6.45) is 6.51. The van der Waals surface area contributed by atoms with Gasteiger partial charge in [-0.1, -0.05) is 34.8 Å². The average molecular weight is 279 g/mol. The number of hydrogen-bond donors (Lipinski definition) is 0. The highest BCUT2D eigenvalue weighted by atomic mass is 79.9. The minimum atomic E-state index is 0.423. The molecule has 1 aromatic rings. The molecule has 1 aromatic carbocycles. The van der Waals surface area contributed by atoms with Crippen molar-refractivity contribution in [3.05, 3.63) is 33.8 Å². The van der Waals surface area contributed by atoms with Gasteiger partial charge >= 0.3 is 0 Å². The largest absolute Gasteiger partial charge is 0.364 e. The zero-order valence-electron chi connectivity index (χ0n) is 9.16. The van der Waals surface area contributed by atoms with Gasteiger partial charge in [0.05, 0.1) is 6.10 Å². The van der Waals surface area contributed by atoms with Crippen molar-refractivity contribution in [2.75, 3.05) is 0 Å². The Morgan fingerprint density at radius 3 is 2.94 bits per heavy atom. The van der Waals surface area contributed by atoms with E-state index in [1.54, 1.807) is 5.56 Å². The molecule has 0 spiro atoms. The van der Waals surface area contributed by atoms with E-state index in [4.69, 9.17) is 4.74 Å². The van der Waals surface area contributed by atoms with Gasteiger partial charge in [-0.05, 0) is 47.9 Å². The van der Waals surface area contributed by atoms with Crippen molar-refractivity contribution in [1.29, 1.82) is 0 Å². The Hall–Kier alpha value is -0.340. The molecule has 0 aromatic heterocycles. The van der Waals surface area contributed by atoms with Crippen molar-refractivity contribution in [2.45, 2.75) is 43.8 Å². The first-order valence-corrected chi connectivity index (χ1v) is 7.09. The Bertz CT molecular complexity index is 442. The van der Waals surface area contributed by atoms with Gasteiger partial charge in [-0.3, -0.25) is 0 Å². The van der Waals surface area contributed by atoms with Crippen LogP contribution in [0.1, 0.15) is 48.8 Å². The lowest BCUT2D eigenvalue weighted by Crippen LogP contribution is -2.27. The zero-order valence-corrected chi connectivity index (χ0v) is 10.7. The van der Waals surface area contributed by atoms with Crippen molar-refractivity contribution in [1.82, 2.24) is 0 Å². The van der Waals surface area contributed by atoms with Crippen LogP contribution < -0.4 is 0 Å². The van der Waals surface area contributed by atoms with E-state index < -0.39 is 0 Å². The van der Waals surface area contributed by atoms with Gasteiger partial charge in [0.1, 0.15) is 6.10 Å². The van der Waals surface area contributed by atoms with Crippen LogP contribution in [0.2, 0.25) is 0 Å². The highest BCUT2D eigenvalue weighted by Gasteiger charge is 2.54. The van der Waals surface area contributed by atoms with Crippen LogP contribution in [0, 0.1) is 5.92 Å². The van der Waals surface area contributed by atoms with E-state index in [1.807, 2.05) is 0 Å². The molecule has 84 valence electrons. The van der Waals surface area contributed by atoms with Gasteiger partial charge in [-0.25, -0.2) is 0 Å². The number of fused-ring (bicyclic) bond motifs is 6. The third kappa shape index (κ3) is 1.26. The van der Waals surface area contributed by atoms with Gasteiger partial charge in [0, 0.05) is 4.47 Å². The second-order valence-corrected chi connectivity index (χ2v) is 6.27. The molecule has 1 saturated carbocycles. The molecule has 4 atom stereocenters. The number of ether oxygens (including phenoxy) is 1. The van der Waals surface area contributed by atoms with Gasteiger partial charge < -0.3 is 4.74 Å². The van der Waals surface area contributed by atoms with Crippen molar-refractivity contribution in [2.24, 2.45) is 5.92 Å². The molecule has 16 heavy (non-hydrogen) atoms. The Balaban J connectivity index is 1.84. The number of hydrogen-bond acceptors (Lipinski definition) is 1. The fourth-order valence-corrected chi connectivity index (χ4v) is 4.15. The van der Waals surface area contributed by atoms with E-state index in [1.165, 1.54) is 35.7 Å². The smallest absolute Gasteiger partial charge is 0.110 e. The summed E-state index contributed by atoms with van der Waals surface area (Å²) in [4.78, 5) is 0. The van der Waals surface area contributed by atoms with E-state index in [2.05, 4.69) is 34.1 Å². The van der Waals surface area contributed by atoms with Crippen LogP contribution in [-0.4, -0.2) is 6.10 Å². The Morgan fingerprint density at radius 1 is 1.12 bits per heavy atom. The minimum absolute atomic E-state index is 0.423. The van der Waals surface area contributed by atoms with Crippen molar-refractivity contribution in [3.8, 4) is 0 Å². The lowest BCUT2D eigenvalue weighted by Gasteiger charge is -2.35. The van der Waals surface area contributed by atoms with Crippen LogP contribution in [0.4, 0.5) is 0 Å². The summed E-state index contributed by atoms with van der Waals surface area (Å²) >= 11 is 3.57. The molecule has 1 saturated heterocycles. The van der Waals surface area contributed by atoms with Gasteiger partial charge in [-0.2, -0.15) is 0 Å². The predicted octanol–water partition coefficient (Wildman–Crippen LogP) is 4.18. The molecule has 1 nitrogen and oxygen atoms in total. The first-order chi connectivity index (χ1) is 7.84. The van der Waals surface area contributed by atoms with Crippen molar-refractivity contribution in [3.63, 3.8) is 0 Å². The molecule has 2 aliphatic carbocycles. The van der Waals surface area contributed by atoms with E-state index >= 15 is 0 Å². The molecular formula is C14H15BrO. The molecule has 1 heterocycles. The van der Waals surface area contributed by atoms with Crippen LogP contribution >= 0.6 is 15.9 Å². The molecule has 0 radical (unpaired) electrons. The van der Waals surface area contributed by atoms with Gasteiger partial charge in [0.15, 0.2) is 0 Å². The molecular weight excluding hydrogens is 264 g/mol. The second kappa shape index (κ2) is 3.33. The molecule has 0 unspecified atom stereocenters. The molecule has 3 aliphatic rings. The quantitative estimate of drug-likeness (QED) is 0.649. The number of rotatable bonds is 0. The maximum Gasteiger partial charge on any atom is 0.110 e. The van der Waals surface area contributed by atoms with E-state index in [0.29, 0.717) is 12.2 Å². The Kier molecular flexibility index (Phi) is 2.01. The van der Waals surface area contributed by atoms with E-state index in [-0.39, 0.29) is 0 Å². The van der Waals surface area contributed by atoms with Gasteiger partial charge in [0.25, 0.3) is 0 Å². The molecule has 2 fully saturated rings. The predicted molar refractivity (Wildman–Crippen MR) is 66.5 cm³/mol. The van der Waals surface area contributed by atoms with Gasteiger partial charge in [0.2, 0.25) is 0 Å². The lowest BCUT2D eigenvalue weighted by molar-refractivity contribution is 0.237. The normalized spacial score (nSPS) is 39.6. The first kappa shape index (κ1) is 9.67. The summed E-state index contributed by atoms with van der Waals surface area (Å²) in [5.41, 5.74) is 3.04. The molecule has 4 rings (SSSR count). The van der Waals surface area contributed by atoms with E-state index in [9.17, 15) is 0 Å². The van der Waals surface area contributed by atoms with Gasteiger partial charge in [-0.15, -0.1) is 0 Å². The van der Waals surface area contributed by atoms with E-state index in [0.717, 1.165) is 11.8 Å². The summed E-state index contributed by atoms with van der Waals surface area (Å²) in [5, 5.41) is 0. The molecule has 0 N–H and O–H groups in total. The summed E-state index contributed by atoms with van der Waals surface area (Å²) in [5.74, 6) is 1.59. The first-order valence-electron chi connectivity index (χ1n) is 6.29. The summed E-state index contributed by atoms with van der Waals surface area (Å²) in [6, 6.07) is 6.78. The zero-order chi connectivity index (χ0) is 10.7. The summed E-state index contributed by atoms with van der Waals surface area (Å²) < 4.78 is 7.10. The third-order valence-electron chi connectivity index (χ3n) is 4.52. The summed E-state index contributed by atoms with van der Waals surface area (Å²) in [6.45, 7) is 0. The number of epoxide rings is 1. The molecule has 1 aliphatic heterocycles. The highest BCUT2D eigenvalue weighted by Crippen LogP contribution is 2.58. The van der Waals surface area contributed by atoms with Crippen LogP contribution in [0.5, 0.6) is 0 Å². The molecule has 0 bridgehead atoms. The standard InChI is InChI=1S/C14H15BrO/c15-8-5-6-10-9-3-1-2-4-11(9)13-14(16-13)12(10)7-8/h5-7,9,11,13-14H,1-4H2/t9-,11-,13+,14-/m0/s1. The van der Waals surface area contributed by atoms with Crippen LogP contribution in [-0.2, 0) is 4.74 Å². The second-order valence-electron chi connectivity index (χ2n) is 5.35. The third-order valence-corrected chi connectivity index (χ3v) is 5.02. The monoisotopic (exact) mass is 278 g/mol.